The van der Waals surface area contributed by atoms with Gasteiger partial charge in [-0.3, -0.25) is 4.57 Å². The molecule has 0 aliphatic heterocycles. The standard InChI is InChI=1S/C41H27N3S/c1-41(2)32-18-10-8-17-29(32)34-30-23-22-28-27-16-9-11-19-33(27)44(37(28)38(30)45-39(34)41)40-42-35(25-13-4-3-5-14-25)31-21-20-24-12-6-7-15-26(24)36(31)43-40/h3-23H,1-2H3. The Balaban J connectivity index is 1.38. The molecule has 9 aromatic rings. The summed E-state index contributed by atoms with van der Waals surface area (Å²) in [6, 6.07) is 45.7. The monoisotopic (exact) mass is 593 g/mol. The van der Waals surface area contributed by atoms with Gasteiger partial charge in [0, 0.05) is 48.4 Å². The highest BCUT2D eigenvalue weighted by molar-refractivity contribution is 7.21. The first-order valence-corrected chi connectivity index (χ1v) is 16.3. The summed E-state index contributed by atoms with van der Waals surface area (Å²) in [6.07, 6.45) is 0. The number of hydrogen-bond acceptors (Lipinski definition) is 3. The molecule has 3 heterocycles. The summed E-state index contributed by atoms with van der Waals surface area (Å²) in [5.41, 5.74) is 9.38. The van der Waals surface area contributed by atoms with Gasteiger partial charge in [0.2, 0.25) is 5.95 Å². The second-order valence-corrected chi connectivity index (χ2v) is 13.6. The molecule has 1 aliphatic carbocycles. The van der Waals surface area contributed by atoms with Gasteiger partial charge in [-0.05, 0) is 28.6 Å². The Morgan fingerprint density at radius 3 is 2.20 bits per heavy atom. The minimum Gasteiger partial charge on any atom is -0.276 e. The normalized spacial score (nSPS) is 13.7. The van der Waals surface area contributed by atoms with Crippen LogP contribution in [-0.2, 0) is 5.41 Å². The lowest BCUT2D eigenvalue weighted by molar-refractivity contribution is 0.674. The van der Waals surface area contributed by atoms with Crippen LogP contribution in [0.15, 0.2) is 127 Å². The van der Waals surface area contributed by atoms with Gasteiger partial charge in [-0.15, -0.1) is 11.3 Å². The first kappa shape index (κ1) is 25.1. The van der Waals surface area contributed by atoms with Crippen molar-refractivity contribution in [2.75, 3.05) is 0 Å². The van der Waals surface area contributed by atoms with E-state index in [1.54, 1.807) is 0 Å². The van der Waals surface area contributed by atoms with Crippen molar-refractivity contribution in [2.45, 2.75) is 19.3 Å². The van der Waals surface area contributed by atoms with E-state index in [2.05, 4.69) is 146 Å². The summed E-state index contributed by atoms with van der Waals surface area (Å²) < 4.78 is 3.62. The van der Waals surface area contributed by atoms with Crippen LogP contribution in [0.4, 0.5) is 0 Å². The van der Waals surface area contributed by atoms with E-state index in [9.17, 15) is 0 Å². The van der Waals surface area contributed by atoms with E-state index in [1.807, 2.05) is 11.3 Å². The Bertz CT molecular complexity index is 2680. The number of benzene rings is 6. The summed E-state index contributed by atoms with van der Waals surface area (Å²) in [7, 11) is 0. The predicted octanol–water partition coefficient (Wildman–Crippen LogP) is 11.1. The third-order valence-electron chi connectivity index (χ3n) is 9.75. The van der Waals surface area contributed by atoms with Crippen LogP contribution >= 0.6 is 11.3 Å². The maximum atomic E-state index is 5.42. The smallest absolute Gasteiger partial charge is 0.235 e. The van der Waals surface area contributed by atoms with E-state index in [-0.39, 0.29) is 5.41 Å². The average molecular weight is 594 g/mol. The average Bonchev–Trinajstić information content (AvgIpc) is 3.71. The second-order valence-electron chi connectivity index (χ2n) is 12.6. The van der Waals surface area contributed by atoms with Gasteiger partial charge in [0.15, 0.2) is 0 Å². The number of rotatable bonds is 2. The molecule has 212 valence electrons. The van der Waals surface area contributed by atoms with Crippen LogP contribution in [-0.4, -0.2) is 14.5 Å². The molecule has 3 nitrogen and oxygen atoms in total. The van der Waals surface area contributed by atoms with E-state index >= 15 is 0 Å². The lowest BCUT2D eigenvalue weighted by atomic mass is 9.87. The largest absolute Gasteiger partial charge is 0.276 e. The molecule has 0 atom stereocenters. The summed E-state index contributed by atoms with van der Waals surface area (Å²) in [5.74, 6) is 0.699. The molecule has 0 bridgehead atoms. The van der Waals surface area contributed by atoms with Crippen molar-refractivity contribution in [2.24, 2.45) is 0 Å². The zero-order chi connectivity index (χ0) is 29.9. The molecular weight excluding hydrogens is 567 g/mol. The molecule has 10 rings (SSSR count). The summed E-state index contributed by atoms with van der Waals surface area (Å²) in [4.78, 5) is 12.3. The molecule has 0 unspecified atom stereocenters. The van der Waals surface area contributed by atoms with E-state index in [0.29, 0.717) is 5.95 Å². The lowest BCUT2D eigenvalue weighted by Gasteiger charge is -2.19. The molecule has 45 heavy (non-hydrogen) atoms. The van der Waals surface area contributed by atoms with Gasteiger partial charge in [0.25, 0.3) is 0 Å². The summed E-state index contributed by atoms with van der Waals surface area (Å²) in [5, 5.41) is 7.11. The number of para-hydroxylation sites is 1. The zero-order valence-corrected chi connectivity index (χ0v) is 25.7. The first-order valence-electron chi connectivity index (χ1n) is 15.4. The maximum absolute atomic E-state index is 5.42. The molecule has 1 aliphatic rings. The Labute approximate surface area is 264 Å². The lowest BCUT2D eigenvalue weighted by Crippen LogP contribution is -2.13. The van der Waals surface area contributed by atoms with Crippen molar-refractivity contribution in [3.8, 4) is 28.3 Å². The fourth-order valence-corrected chi connectivity index (χ4v) is 9.12. The van der Waals surface area contributed by atoms with Crippen molar-refractivity contribution in [1.82, 2.24) is 14.5 Å². The van der Waals surface area contributed by atoms with Gasteiger partial charge in [-0.1, -0.05) is 129 Å². The maximum Gasteiger partial charge on any atom is 0.235 e. The quantitative estimate of drug-likeness (QED) is 0.187. The topological polar surface area (TPSA) is 30.7 Å². The van der Waals surface area contributed by atoms with Crippen LogP contribution in [0.25, 0.3) is 81.9 Å². The molecule has 0 N–H and O–H groups in total. The predicted molar refractivity (Wildman–Crippen MR) is 190 cm³/mol. The molecule has 6 aromatic carbocycles. The molecule has 4 heteroatoms. The molecule has 0 saturated carbocycles. The highest BCUT2D eigenvalue weighted by Gasteiger charge is 2.39. The molecule has 0 saturated heterocycles. The van der Waals surface area contributed by atoms with Crippen molar-refractivity contribution in [3.63, 3.8) is 0 Å². The molecule has 0 amide bonds. The van der Waals surface area contributed by atoms with Crippen molar-refractivity contribution >= 4 is 64.9 Å². The minimum absolute atomic E-state index is 0.0579. The van der Waals surface area contributed by atoms with E-state index in [0.717, 1.165) is 33.1 Å². The Morgan fingerprint density at radius 1 is 0.600 bits per heavy atom. The highest BCUT2D eigenvalue weighted by atomic mass is 32.1. The zero-order valence-electron chi connectivity index (χ0n) is 24.9. The van der Waals surface area contributed by atoms with Gasteiger partial charge in [0.05, 0.1) is 26.9 Å². The molecule has 0 spiro atoms. The third kappa shape index (κ3) is 3.29. The third-order valence-corrected chi connectivity index (χ3v) is 11.3. The van der Waals surface area contributed by atoms with E-state index < -0.39 is 0 Å². The van der Waals surface area contributed by atoms with Crippen LogP contribution in [0.3, 0.4) is 0 Å². The Kier molecular flexibility index (Phi) is 4.94. The fraction of sp³-hybridized carbons (Fsp3) is 0.0732. The van der Waals surface area contributed by atoms with Gasteiger partial charge >= 0.3 is 0 Å². The first-order chi connectivity index (χ1) is 22.1. The van der Waals surface area contributed by atoms with Crippen LogP contribution in [0.1, 0.15) is 24.3 Å². The molecule has 0 fully saturated rings. The summed E-state index contributed by atoms with van der Waals surface area (Å²) >= 11 is 1.93. The van der Waals surface area contributed by atoms with Crippen molar-refractivity contribution < 1.29 is 0 Å². The molecule has 3 aromatic heterocycles. The fourth-order valence-electron chi connectivity index (χ4n) is 7.65. The van der Waals surface area contributed by atoms with Crippen molar-refractivity contribution in [1.29, 1.82) is 0 Å². The number of hydrogen-bond donors (Lipinski definition) is 0. The molecule has 0 radical (unpaired) electrons. The van der Waals surface area contributed by atoms with Gasteiger partial charge in [0.1, 0.15) is 0 Å². The van der Waals surface area contributed by atoms with Crippen LogP contribution in [0.2, 0.25) is 0 Å². The Hall–Kier alpha value is -5.32. The Morgan fingerprint density at radius 2 is 1.31 bits per heavy atom. The van der Waals surface area contributed by atoms with E-state index in [1.165, 1.54) is 53.3 Å². The highest BCUT2D eigenvalue weighted by Crippen LogP contribution is 2.56. The van der Waals surface area contributed by atoms with E-state index in [4.69, 9.17) is 9.97 Å². The van der Waals surface area contributed by atoms with Crippen molar-refractivity contribution in [3.05, 3.63) is 138 Å². The number of thiophene rings is 1. The number of nitrogens with zero attached hydrogens (tertiary/aromatic N) is 3. The molecular formula is C41H27N3S. The SMILES string of the molecule is CC1(C)c2ccccc2-c2c1sc1c2ccc2c3ccccc3n(-c3nc(-c4ccccc4)c4ccc5ccccc5c4n3)c21. The summed E-state index contributed by atoms with van der Waals surface area (Å²) in [6.45, 7) is 4.73. The minimum atomic E-state index is -0.0579. The van der Waals surface area contributed by atoms with Gasteiger partial charge in [-0.25, -0.2) is 9.97 Å². The number of aromatic nitrogens is 3. The van der Waals surface area contributed by atoms with Gasteiger partial charge < -0.3 is 0 Å². The number of fused-ring (bicyclic) bond motifs is 12. The van der Waals surface area contributed by atoms with Crippen LogP contribution in [0.5, 0.6) is 0 Å². The van der Waals surface area contributed by atoms with Gasteiger partial charge in [-0.2, -0.15) is 0 Å². The van der Waals surface area contributed by atoms with Crippen LogP contribution < -0.4 is 0 Å². The second kappa shape index (κ2) is 8.87. The van der Waals surface area contributed by atoms with Crippen LogP contribution in [0, 0.1) is 0 Å².